The molecule has 8 nitrogen and oxygen atoms in total. The molecule has 19 heavy (non-hydrogen) atoms. The summed E-state index contributed by atoms with van der Waals surface area (Å²) in [5, 5.41) is 19.6. The van der Waals surface area contributed by atoms with E-state index in [2.05, 4.69) is 0 Å². The second kappa shape index (κ2) is 6.80. The fourth-order valence-electron chi connectivity index (χ4n) is 1.77. The lowest BCUT2D eigenvalue weighted by atomic mass is 9.99. The van der Waals surface area contributed by atoms with E-state index >= 15 is 0 Å². The number of hydrogen-bond donors (Lipinski definition) is 2. The molecular formula is C11H18O8. The van der Waals surface area contributed by atoms with E-state index in [-0.39, 0.29) is 6.61 Å². The van der Waals surface area contributed by atoms with Crippen LogP contribution in [-0.4, -0.2) is 66.6 Å². The molecule has 1 saturated heterocycles. The van der Waals surface area contributed by atoms with Gasteiger partial charge in [-0.15, -0.1) is 0 Å². The van der Waals surface area contributed by atoms with Gasteiger partial charge in [-0.05, 0) is 0 Å². The lowest BCUT2D eigenvalue weighted by Gasteiger charge is -2.40. The predicted molar refractivity (Wildman–Crippen MR) is 59.9 cm³/mol. The number of aliphatic hydroxyl groups is 2. The third-order valence-electron chi connectivity index (χ3n) is 2.63. The molecule has 110 valence electrons. The Morgan fingerprint density at radius 2 is 1.79 bits per heavy atom. The van der Waals surface area contributed by atoms with Crippen LogP contribution in [0.15, 0.2) is 0 Å². The minimum Gasteiger partial charge on any atom is -0.463 e. The Morgan fingerprint density at radius 1 is 1.16 bits per heavy atom. The molecule has 0 radical (unpaired) electrons. The first kappa shape index (κ1) is 15.8. The minimum atomic E-state index is -1.40. The van der Waals surface area contributed by atoms with Crippen LogP contribution in [0.25, 0.3) is 0 Å². The maximum absolute atomic E-state index is 11.0. The van der Waals surface area contributed by atoms with Crippen LogP contribution in [0.1, 0.15) is 13.8 Å². The topological polar surface area (TPSA) is 112 Å². The standard InChI is InChI=1S/C11H18O8/c1-5(12)17-4-7-10(18-6(2)13)8(14)9(15)11(16-3)19-7/h7-11,14-15H,4H2,1-3H3/t7?,8-,9?,10-,11+/m1/s1. The molecule has 5 atom stereocenters. The van der Waals surface area contributed by atoms with Crippen molar-refractivity contribution in [3.05, 3.63) is 0 Å². The zero-order valence-corrected chi connectivity index (χ0v) is 10.9. The monoisotopic (exact) mass is 278 g/mol. The van der Waals surface area contributed by atoms with Crippen LogP contribution < -0.4 is 0 Å². The van der Waals surface area contributed by atoms with Gasteiger partial charge in [-0.2, -0.15) is 0 Å². The van der Waals surface area contributed by atoms with Crippen LogP contribution in [0.4, 0.5) is 0 Å². The van der Waals surface area contributed by atoms with Crippen LogP contribution in [0.5, 0.6) is 0 Å². The van der Waals surface area contributed by atoms with Gasteiger partial charge in [0, 0.05) is 21.0 Å². The summed E-state index contributed by atoms with van der Waals surface area (Å²) in [4.78, 5) is 21.8. The minimum absolute atomic E-state index is 0.225. The average molecular weight is 278 g/mol. The molecule has 0 bridgehead atoms. The van der Waals surface area contributed by atoms with Crippen LogP contribution in [0.3, 0.4) is 0 Å². The Bertz CT molecular complexity index is 331. The molecule has 2 N–H and O–H groups in total. The Kier molecular flexibility index (Phi) is 5.67. The highest BCUT2D eigenvalue weighted by molar-refractivity contribution is 5.66. The fraction of sp³-hybridized carbons (Fsp3) is 0.818. The van der Waals surface area contributed by atoms with Gasteiger partial charge in [-0.25, -0.2) is 0 Å². The highest BCUT2D eigenvalue weighted by Crippen LogP contribution is 2.24. The second-order valence-electron chi connectivity index (χ2n) is 4.14. The number of methoxy groups -OCH3 is 1. The summed E-state index contributed by atoms with van der Waals surface area (Å²) in [5.74, 6) is -1.19. The average Bonchev–Trinajstić information content (AvgIpc) is 2.33. The molecule has 0 saturated carbocycles. The molecule has 0 aromatic carbocycles. The van der Waals surface area contributed by atoms with Gasteiger partial charge in [-0.3, -0.25) is 9.59 Å². The van der Waals surface area contributed by atoms with E-state index in [4.69, 9.17) is 18.9 Å². The number of esters is 2. The van der Waals surface area contributed by atoms with E-state index < -0.39 is 42.6 Å². The zero-order chi connectivity index (χ0) is 14.6. The summed E-state index contributed by atoms with van der Waals surface area (Å²) in [6, 6.07) is 0. The van der Waals surface area contributed by atoms with Crippen molar-refractivity contribution in [2.75, 3.05) is 13.7 Å². The Labute approximate surface area is 110 Å². The number of rotatable bonds is 4. The zero-order valence-electron chi connectivity index (χ0n) is 10.9. The normalized spacial score (nSPS) is 34.7. The van der Waals surface area contributed by atoms with Crippen LogP contribution in [0, 0.1) is 0 Å². The van der Waals surface area contributed by atoms with Crippen LogP contribution >= 0.6 is 0 Å². The molecule has 1 aliphatic heterocycles. The van der Waals surface area contributed by atoms with E-state index in [1.807, 2.05) is 0 Å². The van der Waals surface area contributed by atoms with Crippen LogP contribution in [0.2, 0.25) is 0 Å². The summed E-state index contributed by atoms with van der Waals surface area (Å²) < 4.78 is 19.8. The third kappa shape index (κ3) is 4.13. The summed E-state index contributed by atoms with van der Waals surface area (Å²) in [5.41, 5.74) is 0. The van der Waals surface area contributed by atoms with E-state index in [9.17, 15) is 19.8 Å². The quantitative estimate of drug-likeness (QED) is 0.602. The SMILES string of the molecule is CO[C@H]1OC(COC(C)=O)[C@@H](OC(C)=O)[C@H](O)C1O. The van der Waals surface area contributed by atoms with Gasteiger partial charge in [0.1, 0.15) is 24.9 Å². The molecule has 0 aromatic heterocycles. The van der Waals surface area contributed by atoms with Gasteiger partial charge in [0.2, 0.25) is 0 Å². The van der Waals surface area contributed by atoms with E-state index in [0.29, 0.717) is 0 Å². The summed E-state index contributed by atoms with van der Waals surface area (Å²) in [6.07, 6.45) is -5.93. The molecule has 1 fully saturated rings. The van der Waals surface area contributed by atoms with Gasteiger partial charge in [-0.1, -0.05) is 0 Å². The second-order valence-corrected chi connectivity index (χ2v) is 4.14. The Hall–Kier alpha value is -1.22. The van der Waals surface area contributed by atoms with Crippen molar-refractivity contribution in [3.8, 4) is 0 Å². The molecule has 1 heterocycles. The third-order valence-corrected chi connectivity index (χ3v) is 2.63. The highest BCUT2D eigenvalue weighted by atomic mass is 16.7. The lowest BCUT2D eigenvalue weighted by molar-refractivity contribution is -0.297. The lowest BCUT2D eigenvalue weighted by Crippen LogP contribution is -2.60. The van der Waals surface area contributed by atoms with Crippen molar-refractivity contribution >= 4 is 11.9 Å². The van der Waals surface area contributed by atoms with Crippen molar-refractivity contribution in [2.45, 2.75) is 44.6 Å². The number of aliphatic hydroxyl groups excluding tert-OH is 2. The highest BCUT2D eigenvalue weighted by Gasteiger charge is 2.47. The van der Waals surface area contributed by atoms with Crippen LogP contribution in [-0.2, 0) is 28.5 Å². The van der Waals surface area contributed by atoms with E-state index in [1.54, 1.807) is 0 Å². The van der Waals surface area contributed by atoms with Crippen molar-refractivity contribution in [1.29, 1.82) is 0 Å². The number of carbonyl (C=O) groups excluding carboxylic acids is 2. The largest absolute Gasteiger partial charge is 0.463 e. The van der Waals surface area contributed by atoms with E-state index in [1.165, 1.54) is 14.0 Å². The summed E-state index contributed by atoms with van der Waals surface area (Å²) in [7, 11) is 1.29. The van der Waals surface area contributed by atoms with Gasteiger partial charge in [0.15, 0.2) is 12.4 Å². The molecule has 0 aromatic rings. The Morgan fingerprint density at radius 3 is 2.26 bits per heavy atom. The molecule has 1 rings (SSSR count). The van der Waals surface area contributed by atoms with Gasteiger partial charge < -0.3 is 29.2 Å². The smallest absolute Gasteiger partial charge is 0.303 e. The van der Waals surface area contributed by atoms with Crippen molar-refractivity contribution in [3.63, 3.8) is 0 Å². The summed E-state index contributed by atoms with van der Waals surface area (Å²) >= 11 is 0. The predicted octanol–water partition coefficient (Wildman–Crippen LogP) is -1.43. The molecule has 0 aliphatic carbocycles. The molecular weight excluding hydrogens is 260 g/mol. The molecule has 0 amide bonds. The van der Waals surface area contributed by atoms with Gasteiger partial charge >= 0.3 is 11.9 Å². The van der Waals surface area contributed by atoms with E-state index in [0.717, 1.165) is 6.92 Å². The Balaban J connectivity index is 2.79. The first-order valence-electron chi connectivity index (χ1n) is 5.71. The fourth-order valence-corrected chi connectivity index (χ4v) is 1.77. The van der Waals surface area contributed by atoms with Gasteiger partial charge in [0.25, 0.3) is 0 Å². The maximum Gasteiger partial charge on any atom is 0.303 e. The van der Waals surface area contributed by atoms with Crippen molar-refractivity contribution in [2.24, 2.45) is 0 Å². The molecule has 8 heteroatoms. The number of carbonyl (C=O) groups is 2. The molecule has 0 spiro atoms. The van der Waals surface area contributed by atoms with Gasteiger partial charge in [0.05, 0.1) is 0 Å². The van der Waals surface area contributed by atoms with Crippen molar-refractivity contribution < 1.29 is 38.7 Å². The first-order chi connectivity index (χ1) is 8.86. The first-order valence-corrected chi connectivity index (χ1v) is 5.71. The molecule has 1 aliphatic rings. The molecule has 2 unspecified atom stereocenters. The maximum atomic E-state index is 11.0. The summed E-state index contributed by atoms with van der Waals surface area (Å²) in [6.45, 7) is 2.14. The van der Waals surface area contributed by atoms with Crippen molar-refractivity contribution in [1.82, 2.24) is 0 Å². The number of hydrogen-bond acceptors (Lipinski definition) is 8. The number of ether oxygens (including phenoxy) is 4.